The van der Waals surface area contributed by atoms with Crippen molar-refractivity contribution in [1.29, 1.82) is 0 Å². The zero-order valence-corrected chi connectivity index (χ0v) is 13.5. The zero-order chi connectivity index (χ0) is 20.0. The third-order valence-electron chi connectivity index (χ3n) is 3.77. The summed E-state index contributed by atoms with van der Waals surface area (Å²) in [5.74, 6) is -1.18. The van der Waals surface area contributed by atoms with E-state index in [-0.39, 0.29) is 22.8 Å². The van der Waals surface area contributed by atoms with Crippen molar-refractivity contribution in [3.63, 3.8) is 0 Å². The number of alkyl halides is 6. The second-order valence-electron chi connectivity index (χ2n) is 5.65. The lowest BCUT2D eigenvalue weighted by Crippen LogP contribution is -2.06. The number of rotatable bonds is 2. The van der Waals surface area contributed by atoms with Crippen LogP contribution in [0.3, 0.4) is 0 Å². The van der Waals surface area contributed by atoms with Crippen LogP contribution in [-0.4, -0.2) is 14.8 Å². The lowest BCUT2D eigenvalue weighted by atomic mass is 10.1. The van der Waals surface area contributed by atoms with E-state index in [0.29, 0.717) is 12.1 Å². The van der Waals surface area contributed by atoms with Gasteiger partial charge in [0.1, 0.15) is 5.82 Å². The van der Waals surface area contributed by atoms with Crippen LogP contribution in [0.25, 0.3) is 22.8 Å². The van der Waals surface area contributed by atoms with Crippen LogP contribution in [0, 0.1) is 5.82 Å². The first-order valence-electron chi connectivity index (χ1n) is 7.42. The van der Waals surface area contributed by atoms with Crippen LogP contribution >= 0.6 is 0 Å². The van der Waals surface area contributed by atoms with Gasteiger partial charge in [-0.3, -0.25) is 0 Å². The normalized spacial score (nSPS) is 12.4. The summed E-state index contributed by atoms with van der Waals surface area (Å²) < 4.78 is 91.0. The standard InChI is InChI=1S/C17H10F7N3/c1-27-15(12-7-6-11(8-13(12)18)17(22,23)24)25-14(26-27)9-2-4-10(5-3-9)16(19,20)21/h2-8H,1H3. The average Bonchev–Trinajstić information content (AvgIpc) is 2.95. The van der Waals surface area contributed by atoms with Gasteiger partial charge in [0, 0.05) is 12.6 Å². The predicted molar refractivity (Wildman–Crippen MR) is 81.8 cm³/mol. The smallest absolute Gasteiger partial charge is 0.248 e. The molecule has 0 unspecified atom stereocenters. The summed E-state index contributed by atoms with van der Waals surface area (Å²) in [6, 6.07) is 6.01. The highest BCUT2D eigenvalue weighted by molar-refractivity contribution is 5.62. The molecule has 142 valence electrons. The van der Waals surface area contributed by atoms with Gasteiger partial charge in [0.15, 0.2) is 11.6 Å². The van der Waals surface area contributed by atoms with E-state index in [1.165, 1.54) is 7.05 Å². The Hall–Kier alpha value is -2.91. The molecule has 1 aromatic heterocycles. The maximum Gasteiger partial charge on any atom is 0.416 e. The molecule has 0 aliphatic carbocycles. The maximum absolute atomic E-state index is 14.1. The van der Waals surface area contributed by atoms with E-state index in [4.69, 9.17) is 0 Å². The van der Waals surface area contributed by atoms with Gasteiger partial charge in [-0.1, -0.05) is 12.1 Å². The number of benzene rings is 2. The van der Waals surface area contributed by atoms with E-state index in [1.807, 2.05) is 0 Å². The summed E-state index contributed by atoms with van der Waals surface area (Å²) in [5, 5.41) is 4.00. The van der Waals surface area contributed by atoms with Gasteiger partial charge in [-0.2, -0.15) is 31.4 Å². The van der Waals surface area contributed by atoms with Gasteiger partial charge >= 0.3 is 12.4 Å². The van der Waals surface area contributed by atoms with Crippen LogP contribution in [0.5, 0.6) is 0 Å². The summed E-state index contributed by atoms with van der Waals surface area (Å²) in [7, 11) is 1.40. The summed E-state index contributed by atoms with van der Waals surface area (Å²) >= 11 is 0. The zero-order valence-electron chi connectivity index (χ0n) is 13.5. The number of hydrogen-bond acceptors (Lipinski definition) is 2. The van der Waals surface area contributed by atoms with E-state index in [0.717, 1.165) is 35.0 Å². The Kier molecular flexibility index (Phi) is 4.44. The Balaban J connectivity index is 1.98. The minimum Gasteiger partial charge on any atom is -0.248 e. The number of nitrogens with zero attached hydrogens (tertiary/aromatic N) is 3. The minimum atomic E-state index is -4.69. The molecule has 1 heterocycles. The SMILES string of the molecule is Cn1nc(-c2ccc(C(F)(F)F)cc2)nc1-c1ccc(C(F)(F)F)cc1F. The molecule has 3 aromatic rings. The van der Waals surface area contributed by atoms with Gasteiger partial charge < -0.3 is 0 Å². The topological polar surface area (TPSA) is 30.7 Å². The van der Waals surface area contributed by atoms with E-state index in [2.05, 4.69) is 10.1 Å². The molecule has 0 aliphatic rings. The number of hydrogen-bond donors (Lipinski definition) is 0. The first-order valence-corrected chi connectivity index (χ1v) is 7.42. The van der Waals surface area contributed by atoms with Gasteiger partial charge in [-0.05, 0) is 30.3 Å². The third kappa shape index (κ3) is 3.79. The Labute approximate surface area is 148 Å². The maximum atomic E-state index is 14.1. The molecule has 0 fully saturated rings. The largest absolute Gasteiger partial charge is 0.416 e. The second kappa shape index (κ2) is 6.36. The van der Waals surface area contributed by atoms with E-state index in [1.54, 1.807) is 0 Å². The van der Waals surface area contributed by atoms with E-state index >= 15 is 0 Å². The molecule has 27 heavy (non-hydrogen) atoms. The van der Waals surface area contributed by atoms with Crippen LogP contribution in [0.2, 0.25) is 0 Å². The van der Waals surface area contributed by atoms with Crippen molar-refractivity contribution in [2.75, 3.05) is 0 Å². The molecule has 0 atom stereocenters. The monoisotopic (exact) mass is 389 g/mol. The van der Waals surface area contributed by atoms with Crippen molar-refractivity contribution in [2.24, 2.45) is 7.05 Å². The first kappa shape index (κ1) is 18.9. The Morgan fingerprint density at radius 1 is 0.815 bits per heavy atom. The molecule has 3 rings (SSSR count). The van der Waals surface area contributed by atoms with Gasteiger partial charge in [-0.15, -0.1) is 0 Å². The molecule has 0 saturated heterocycles. The molecule has 0 N–H and O–H groups in total. The van der Waals surface area contributed by atoms with Crippen LogP contribution in [0.1, 0.15) is 11.1 Å². The van der Waals surface area contributed by atoms with Crippen molar-refractivity contribution >= 4 is 0 Å². The highest BCUT2D eigenvalue weighted by Gasteiger charge is 2.32. The highest BCUT2D eigenvalue weighted by atomic mass is 19.4. The molecule has 0 bridgehead atoms. The summed E-state index contributed by atoms with van der Waals surface area (Å²) in [6.07, 6.45) is -9.19. The quantitative estimate of drug-likeness (QED) is 0.555. The Bertz CT molecular complexity index is 970. The summed E-state index contributed by atoms with van der Waals surface area (Å²) in [6.45, 7) is 0. The third-order valence-corrected chi connectivity index (χ3v) is 3.77. The second-order valence-corrected chi connectivity index (χ2v) is 5.65. The predicted octanol–water partition coefficient (Wildman–Crippen LogP) is 5.33. The fourth-order valence-electron chi connectivity index (χ4n) is 2.42. The van der Waals surface area contributed by atoms with Crippen molar-refractivity contribution in [3.8, 4) is 22.8 Å². The summed E-state index contributed by atoms with van der Waals surface area (Å²) in [4.78, 5) is 4.04. The van der Waals surface area contributed by atoms with Gasteiger partial charge in [0.25, 0.3) is 0 Å². The van der Waals surface area contributed by atoms with Crippen molar-refractivity contribution in [1.82, 2.24) is 14.8 Å². The summed E-state index contributed by atoms with van der Waals surface area (Å²) in [5.41, 5.74) is -1.96. The molecule has 0 amide bonds. The fourth-order valence-corrected chi connectivity index (χ4v) is 2.42. The van der Waals surface area contributed by atoms with Gasteiger partial charge in [0.2, 0.25) is 0 Å². The molecular weight excluding hydrogens is 379 g/mol. The van der Waals surface area contributed by atoms with Crippen LogP contribution in [0.15, 0.2) is 42.5 Å². The Morgan fingerprint density at radius 2 is 1.37 bits per heavy atom. The number of halogens is 7. The lowest BCUT2D eigenvalue weighted by Gasteiger charge is -2.08. The molecule has 2 aromatic carbocycles. The van der Waals surface area contributed by atoms with Crippen LogP contribution < -0.4 is 0 Å². The van der Waals surface area contributed by atoms with Gasteiger partial charge in [-0.25, -0.2) is 14.1 Å². The lowest BCUT2D eigenvalue weighted by molar-refractivity contribution is -0.138. The van der Waals surface area contributed by atoms with Crippen LogP contribution in [-0.2, 0) is 19.4 Å². The molecular formula is C17H10F7N3. The fraction of sp³-hybridized carbons (Fsp3) is 0.176. The molecule has 0 saturated carbocycles. The van der Waals surface area contributed by atoms with E-state index in [9.17, 15) is 30.7 Å². The molecule has 10 heteroatoms. The Morgan fingerprint density at radius 3 is 1.89 bits per heavy atom. The minimum absolute atomic E-state index is 0.0144. The van der Waals surface area contributed by atoms with Gasteiger partial charge in [0.05, 0.1) is 16.7 Å². The molecule has 0 aliphatic heterocycles. The average molecular weight is 389 g/mol. The molecule has 0 spiro atoms. The van der Waals surface area contributed by atoms with Crippen molar-refractivity contribution < 1.29 is 30.7 Å². The van der Waals surface area contributed by atoms with Crippen molar-refractivity contribution in [3.05, 3.63) is 59.4 Å². The van der Waals surface area contributed by atoms with Crippen LogP contribution in [0.4, 0.5) is 30.7 Å². The van der Waals surface area contributed by atoms with Crippen molar-refractivity contribution in [2.45, 2.75) is 12.4 Å². The number of aromatic nitrogens is 3. The highest BCUT2D eigenvalue weighted by Crippen LogP contribution is 2.33. The number of aryl methyl sites for hydroxylation is 1. The van der Waals surface area contributed by atoms with E-state index < -0.39 is 29.3 Å². The molecule has 0 radical (unpaired) electrons. The molecule has 3 nitrogen and oxygen atoms in total. The first-order chi connectivity index (χ1) is 12.5.